The summed E-state index contributed by atoms with van der Waals surface area (Å²) in [4.78, 5) is 15.8. The molecular weight excluding hydrogens is 282 g/mol. The van der Waals surface area contributed by atoms with Gasteiger partial charge in [0.2, 0.25) is 5.91 Å². The molecule has 1 amide bonds. The van der Waals surface area contributed by atoms with Gasteiger partial charge in [0.05, 0.1) is 0 Å². The molecule has 0 radical (unpaired) electrons. The average molecular weight is 300 g/mol. The van der Waals surface area contributed by atoms with Crippen LogP contribution in [0.3, 0.4) is 0 Å². The number of nitrogens with zero attached hydrogens (tertiary/aromatic N) is 1. The minimum Gasteiger partial charge on any atom is -0.330 e. The summed E-state index contributed by atoms with van der Waals surface area (Å²) in [6.07, 6.45) is 3.05. The molecule has 0 aromatic carbocycles. The Bertz CT molecular complexity index is 391. The molecule has 1 rings (SSSR count). The molecule has 1 heterocycles. The second kappa shape index (κ2) is 6.71. The Morgan fingerprint density at radius 2 is 2.35 bits per heavy atom. The van der Waals surface area contributed by atoms with Crippen LogP contribution >= 0.6 is 15.9 Å². The number of carbonyl (C=O) groups is 1. The smallest absolute Gasteiger partial charge is 0.225 e. The molecule has 3 N–H and O–H groups in total. The number of aryl methyl sites for hydroxylation is 1. The molecule has 0 aliphatic rings. The fraction of sp³-hybridized carbons (Fsp3) is 0.500. The van der Waals surface area contributed by atoms with E-state index in [0.717, 1.165) is 16.5 Å². The lowest BCUT2D eigenvalue weighted by Crippen LogP contribution is -2.22. The van der Waals surface area contributed by atoms with E-state index in [9.17, 15) is 4.79 Å². The molecule has 1 aromatic heterocycles. The van der Waals surface area contributed by atoms with Gasteiger partial charge in [0.15, 0.2) is 0 Å². The highest BCUT2D eigenvalue weighted by molar-refractivity contribution is 9.10. The highest BCUT2D eigenvalue weighted by Gasteiger charge is 2.11. The first-order valence-corrected chi connectivity index (χ1v) is 6.48. The molecule has 1 atom stereocenters. The van der Waals surface area contributed by atoms with Crippen LogP contribution in [0.15, 0.2) is 16.7 Å². The Kier molecular flexibility index (Phi) is 5.58. The maximum Gasteiger partial charge on any atom is 0.225 e. The van der Waals surface area contributed by atoms with Crippen LogP contribution in [0.2, 0.25) is 0 Å². The van der Waals surface area contributed by atoms with Crippen molar-refractivity contribution in [1.29, 1.82) is 0 Å². The average Bonchev–Trinajstić information content (AvgIpc) is 2.31. The molecule has 0 bridgehead atoms. The van der Waals surface area contributed by atoms with Gasteiger partial charge in [0, 0.05) is 17.1 Å². The van der Waals surface area contributed by atoms with Crippen molar-refractivity contribution in [2.75, 3.05) is 11.9 Å². The third-order valence-electron chi connectivity index (χ3n) is 2.70. The molecular formula is C12H18BrN3O. The van der Waals surface area contributed by atoms with Crippen molar-refractivity contribution in [3.05, 3.63) is 22.3 Å². The number of amides is 1. The minimum absolute atomic E-state index is 0.0310. The highest BCUT2D eigenvalue weighted by atomic mass is 79.9. The van der Waals surface area contributed by atoms with Crippen molar-refractivity contribution >= 4 is 27.7 Å². The first kappa shape index (κ1) is 14.1. The van der Waals surface area contributed by atoms with E-state index in [1.54, 1.807) is 6.20 Å². The summed E-state index contributed by atoms with van der Waals surface area (Å²) in [5.41, 5.74) is 6.61. The second-order valence-electron chi connectivity index (χ2n) is 4.08. The van der Waals surface area contributed by atoms with Crippen molar-refractivity contribution in [3.8, 4) is 0 Å². The van der Waals surface area contributed by atoms with Crippen molar-refractivity contribution in [2.24, 2.45) is 11.7 Å². The van der Waals surface area contributed by atoms with Crippen LogP contribution in [0.1, 0.15) is 25.3 Å². The zero-order valence-corrected chi connectivity index (χ0v) is 11.8. The number of anilines is 1. The van der Waals surface area contributed by atoms with E-state index < -0.39 is 0 Å². The summed E-state index contributed by atoms with van der Waals surface area (Å²) in [5.74, 6) is 0.797. The lowest BCUT2D eigenvalue weighted by Gasteiger charge is -2.12. The lowest BCUT2D eigenvalue weighted by molar-refractivity contribution is -0.117. The van der Waals surface area contributed by atoms with E-state index in [4.69, 9.17) is 5.73 Å². The Morgan fingerprint density at radius 1 is 1.65 bits per heavy atom. The van der Waals surface area contributed by atoms with Crippen molar-refractivity contribution in [2.45, 2.75) is 26.7 Å². The van der Waals surface area contributed by atoms with Crippen molar-refractivity contribution in [3.63, 3.8) is 0 Å². The fourth-order valence-electron chi connectivity index (χ4n) is 1.46. The van der Waals surface area contributed by atoms with Crippen LogP contribution in [0.5, 0.6) is 0 Å². The maximum absolute atomic E-state index is 11.7. The van der Waals surface area contributed by atoms with E-state index in [2.05, 4.69) is 26.2 Å². The van der Waals surface area contributed by atoms with Crippen LogP contribution in [-0.2, 0) is 4.79 Å². The summed E-state index contributed by atoms with van der Waals surface area (Å²) in [5, 5.41) is 2.78. The second-order valence-corrected chi connectivity index (χ2v) is 4.94. The van der Waals surface area contributed by atoms with E-state index in [-0.39, 0.29) is 11.8 Å². The molecule has 5 heteroatoms. The molecule has 1 unspecified atom stereocenters. The zero-order valence-electron chi connectivity index (χ0n) is 10.2. The maximum atomic E-state index is 11.7. The van der Waals surface area contributed by atoms with Crippen LogP contribution < -0.4 is 11.1 Å². The standard InChI is InChI=1S/C12H18BrN3O/c1-3-9(6-14)5-12(17)16-11-4-8(2)10(13)7-15-11/h4,7,9H,3,5-6,14H2,1-2H3,(H,15,16,17). The number of nitrogens with two attached hydrogens (primary N) is 1. The van der Waals surface area contributed by atoms with Crippen LogP contribution in [0.25, 0.3) is 0 Å². The summed E-state index contributed by atoms with van der Waals surface area (Å²) in [6, 6.07) is 1.84. The monoisotopic (exact) mass is 299 g/mol. The number of hydrogen-bond donors (Lipinski definition) is 2. The normalized spacial score (nSPS) is 12.2. The number of nitrogens with one attached hydrogen (secondary N) is 1. The largest absolute Gasteiger partial charge is 0.330 e. The van der Waals surface area contributed by atoms with Gasteiger partial charge in [-0.1, -0.05) is 13.3 Å². The third kappa shape index (κ3) is 4.44. The number of aromatic nitrogens is 1. The zero-order chi connectivity index (χ0) is 12.8. The number of halogens is 1. The van der Waals surface area contributed by atoms with Crippen molar-refractivity contribution in [1.82, 2.24) is 4.98 Å². The van der Waals surface area contributed by atoms with Gasteiger partial charge in [-0.2, -0.15) is 0 Å². The van der Waals surface area contributed by atoms with E-state index >= 15 is 0 Å². The van der Waals surface area contributed by atoms with Crippen LogP contribution in [-0.4, -0.2) is 17.4 Å². The topological polar surface area (TPSA) is 68.0 Å². The Balaban J connectivity index is 2.58. The van der Waals surface area contributed by atoms with E-state index in [0.29, 0.717) is 18.8 Å². The fourth-order valence-corrected chi connectivity index (χ4v) is 1.67. The Labute approximate surface area is 110 Å². The number of hydrogen-bond acceptors (Lipinski definition) is 3. The number of carbonyl (C=O) groups excluding carboxylic acids is 1. The van der Waals surface area contributed by atoms with E-state index in [1.807, 2.05) is 19.9 Å². The number of pyridine rings is 1. The SMILES string of the molecule is CCC(CN)CC(=O)Nc1cc(C)c(Br)cn1. The first-order chi connectivity index (χ1) is 8.06. The van der Waals surface area contributed by atoms with Gasteiger partial charge in [-0.3, -0.25) is 4.79 Å². The van der Waals surface area contributed by atoms with E-state index in [1.165, 1.54) is 0 Å². The summed E-state index contributed by atoms with van der Waals surface area (Å²) >= 11 is 3.37. The Morgan fingerprint density at radius 3 is 2.88 bits per heavy atom. The molecule has 0 saturated carbocycles. The van der Waals surface area contributed by atoms with Crippen LogP contribution in [0, 0.1) is 12.8 Å². The predicted molar refractivity (Wildman–Crippen MR) is 72.8 cm³/mol. The van der Waals surface area contributed by atoms with Gasteiger partial charge in [0.1, 0.15) is 5.82 Å². The lowest BCUT2D eigenvalue weighted by atomic mass is 10.0. The van der Waals surface area contributed by atoms with Gasteiger partial charge in [-0.25, -0.2) is 4.98 Å². The van der Waals surface area contributed by atoms with Gasteiger partial charge in [-0.15, -0.1) is 0 Å². The molecule has 0 saturated heterocycles. The molecule has 0 aliphatic heterocycles. The third-order valence-corrected chi connectivity index (χ3v) is 3.53. The summed E-state index contributed by atoms with van der Waals surface area (Å²) in [6.45, 7) is 4.53. The molecule has 0 aliphatic carbocycles. The van der Waals surface area contributed by atoms with Gasteiger partial charge in [-0.05, 0) is 46.9 Å². The predicted octanol–water partition coefficient (Wildman–Crippen LogP) is 2.47. The molecule has 1 aromatic rings. The highest BCUT2D eigenvalue weighted by Crippen LogP contribution is 2.17. The van der Waals surface area contributed by atoms with Gasteiger partial charge >= 0.3 is 0 Å². The summed E-state index contributed by atoms with van der Waals surface area (Å²) < 4.78 is 0.934. The molecule has 0 spiro atoms. The minimum atomic E-state index is -0.0310. The molecule has 94 valence electrons. The van der Waals surface area contributed by atoms with Gasteiger partial charge in [0.25, 0.3) is 0 Å². The molecule has 0 fully saturated rings. The molecule has 4 nitrogen and oxygen atoms in total. The molecule has 17 heavy (non-hydrogen) atoms. The number of rotatable bonds is 5. The Hall–Kier alpha value is -0.940. The first-order valence-electron chi connectivity index (χ1n) is 5.68. The van der Waals surface area contributed by atoms with Crippen molar-refractivity contribution < 1.29 is 4.79 Å². The quantitative estimate of drug-likeness (QED) is 0.877. The van der Waals surface area contributed by atoms with Gasteiger partial charge < -0.3 is 11.1 Å². The van der Waals surface area contributed by atoms with Crippen LogP contribution in [0.4, 0.5) is 5.82 Å². The summed E-state index contributed by atoms with van der Waals surface area (Å²) in [7, 11) is 0.